The molecule has 0 unspecified atom stereocenters. The second kappa shape index (κ2) is 13.2. The predicted molar refractivity (Wildman–Crippen MR) is 141 cm³/mol. The number of carbonyl (C=O) groups is 2. The van der Waals surface area contributed by atoms with Crippen molar-refractivity contribution in [1.29, 1.82) is 0 Å². The maximum atomic E-state index is 12.1. The Hall–Kier alpha value is -3.78. The molecule has 8 heteroatoms. The first-order chi connectivity index (χ1) is 16.9. The number of nitrogens with one attached hydrogen (secondary N) is 2. The largest absolute Gasteiger partial charge is 0.497 e. The number of carbonyl (C=O) groups excluding carboxylic acids is 2. The van der Waals surface area contributed by atoms with Crippen molar-refractivity contribution < 1.29 is 19.1 Å². The van der Waals surface area contributed by atoms with Crippen molar-refractivity contribution in [3.63, 3.8) is 0 Å². The average Bonchev–Trinajstić information content (AvgIpc) is 2.83. The SMILES string of the molecule is COc1ccc(NC(=O)COc2ccc(/C=N/NC(=O)CSCc3cc(C)cc(C)c3)cc2)cc1. The Morgan fingerprint density at radius 1 is 0.914 bits per heavy atom. The number of nitrogens with zero attached hydrogens (tertiary/aromatic N) is 1. The highest BCUT2D eigenvalue weighted by molar-refractivity contribution is 7.99. The van der Waals surface area contributed by atoms with Crippen LogP contribution in [0, 0.1) is 13.8 Å². The molecule has 7 nitrogen and oxygen atoms in total. The van der Waals surface area contributed by atoms with Gasteiger partial charge in [0.1, 0.15) is 11.5 Å². The van der Waals surface area contributed by atoms with E-state index in [9.17, 15) is 9.59 Å². The summed E-state index contributed by atoms with van der Waals surface area (Å²) in [5.41, 5.74) is 7.66. The molecule has 0 aliphatic carbocycles. The lowest BCUT2D eigenvalue weighted by atomic mass is 10.1. The molecule has 0 fully saturated rings. The normalized spacial score (nSPS) is 10.7. The fourth-order valence-corrected chi connectivity index (χ4v) is 4.05. The first-order valence-electron chi connectivity index (χ1n) is 11.0. The van der Waals surface area contributed by atoms with Crippen LogP contribution in [-0.2, 0) is 15.3 Å². The van der Waals surface area contributed by atoms with Gasteiger partial charge < -0.3 is 14.8 Å². The Kier molecular flexibility index (Phi) is 9.74. The van der Waals surface area contributed by atoms with Crippen LogP contribution in [0.3, 0.4) is 0 Å². The van der Waals surface area contributed by atoms with Crippen molar-refractivity contribution >= 4 is 35.5 Å². The highest BCUT2D eigenvalue weighted by atomic mass is 32.2. The van der Waals surface area contributed by atoms with E-state index in [1.165, 1.54) is 16.7 Å². The first-order valence-corrected chi connectivity index (χ1v) is 12.2. The number of hydrogen-bond acceptors (Lipinski definition) is 6. The summed E-state index contributed by atoms with van der Waals surface area (Å²) in [6.45, 7) is 4.03. The van der Waals surface area contributed by atoms with E-state index in [0.717, 1.165) is 17.1 Å². The molecule has 0 saturated carbocycles. The molecule has 2 N–H and O–H groups in total. The van der Waals surface area contributed by atoms with Gasteiger partial charge in [-0.2, -0.15) is 5.10 Å². The van der Waals surface area contributed by atoms with Crippen LogP contribution in [-0.4, -0.2) is 37.5 Å². The third-order valence-electron chi connectivity index (χ3n) is 4.81. The van der Waals surface area contributed by atoms with E-state index < -0.39 is 0 Å². The van der Waals surface area contributed by atoms with Gasteiger partial charge in [-0.1, -0.05) is 29.3 Å². The molecule has 0 aliphatic rings. The molecule has 0 spiro atoms. The van der Waals surface area contributed by atoms with Crippen LogP contribution in [0.5, 0.6) is 11.5 Å². The number of methoxy groups -OCH3 is 1. The third-order valence-corrected chi connectivity index (χ3v) is 5.81. The lowest BCUT2D eigenvalue weighted by molar-refractivity contribution is -0.119. The molecule has 0 atom stereocenters. The van der Waals surface area contributed by atoms with Gasteiger partial charge in [-0.25, -0.2) is 5.43 Å². The van der Waals surface area contributed by atoms with Crippen LogP contribution in [0.1, 0.15) is 22.3 Å². The van der Waals surface area contributed by atoms with Crippen molar-refractivity contribution in [3.8, 4) is 11.5 Å². The molecule has 0 saturated heterocycles. The number of anilines is 1. The van der Waals surface area contributed by atoms with E-state index in [1.54, 1.807) is 73.6 Å². The minimum atomic E-state index is -0.265. The Morgan fingerprint density at radius 2 is 1.57 bits per heavy atom. The summed E-state index contributed by atoms with van der Waals surface area (Å²) in [6.07, 6.45) is 1.56. The van der Waals surface area contributed by atoms with E-state index in [1.807, 2.05) is 0 Å². The lowest BCUT2D eigenvalue weighted by Gasteiger charge is -2.08. The second-order valence-corrected chi connectivity index (χ2v) is 8.90. The van der Waals surface area contributed by atoms with Gasteiger partial charge in [-0.05, 0) is 73.5 Å². The van der Waals surface area contributed by atoms with Crippen molar-refractivity contribution in [1.82, 2.24) is 5.43 Å². The summed E-state index contributed by atoms with van der Waals surface area (Å²) >= 11 is 1.55. The molecule has 0 aliphatic heterocycles. The van der Waals surface area contributed by atoms with E-state index >= 15 is 0 Å². The molecule has 2 amide bonds. The van der Waals surface area contributed by atoms with Gasteiger partial charge in [0, 0.05) is 11.4 Å². The van der Waals surface area contributed by atoms with Gasteiger partial charge in [0.05, 0.1) is 19.1 Å². The summed E-state index contributed by atoms with van der Waals surface area (Å²) in [5.74, 6) is 1.96. The van der Waals surface area contributed by atoms with Crippen molar-refractivity contribution in [3.05, 3.63) is 89.0 Å². The second-order valence-electron chi connectivity index (χ2n) is 7.92. The van der Waals surface area contributed by atoms with Gasteiger partial charge in [-0.15, -0.1) is 11.8 Å². The summed E-state index contributed by atoms with van der Waals surface area (Å²) in [4.78, 5) is 24.1. The summed E-state index contributed by atoms with van der Waals surface area (Å²) in [7, 11) is 1.59. The highest BCUT2D eigenvalue weighted by Crippen LogP contribution is 2.17. The predicted octanol–water partition coefficient (Wildman–Crippen LogP) is 4.71. The smallest absolute Gasteiger partial charge is 0.262 e. The Balaban J connectivity index is 1.36. The molecular weight excluding hydrogens is 462 g/mol. The maximum Gasteiger partial charge on any atom is 0.262 e. The first kappa shape index (κ1) is 25.8. The van der Waals surface area contributed by atoms with E-state index in [-0.39, 0.29) is 18.4 Å². The minimum absolute atomic E-state index is 0.116. The summed E-state index contributed by atoms with van der Waals surface area (Å²) in [5, 5.41) is 6.77. The van der Waals surface area contributed by atoms with Crippen LogP contribution in [0.25, 0.3) is 0 Å². The van der Waals surface area contributed by atoms with E-state index in [4.69, 9.17) is 9.47 Å². The van der Waals surface area contributed by atoms with Crippen LogP contribution >= 0.6 is 11.8 Å². The Labute approximate surface area is 209 Å². The number of amides is 2. The van der Waals surface area contributed by atoms with Crippen LogP contribution in [0.15, 0.2) is 71.8 Å². The number of aryl methyl sites for hydroxylation is 2. The van der Waals surface area contributed by atoms with Crippen LogP contribution in [0.4, 0.5) is 5.69 Å². The number of rotatable bonds is 11. The quantitative estimate of drug-likeness (QED) is 0.299. The fraction of sp³-hybridized carbons (Fsp3) is 0.222. The molecular formula is C27H29N3O4S. The zero-order valence-corrected chi connectivity index (χ0v) is 20.9. The van der Waals surface area contributed by atoms with Gasteiger partial charge >= 0.3 is 0 Å². The topological polar surface area (TPSA) is 89.0 Å². The van der Waals surface area contributed by atoms with Crippen LogP contribution < -0.4 is 20.2 Å². The molecule has 0 radical (unpaired) electrons. The number of benzene rings is 3. The van der Waals surface area contributed by atoms with E-state index in [2.05, 4.69) is 47.9 Å². The Morgan fingerprint density at radius 3 is 2.23 bits per heavy atom. The van der Waals surface area contributed by atoms with Crippen LogP contribution in [0.2, 0.25) is 0 Å². The number of hydrogen-bond donors (Lipinski definition) is 2. The summed E-state index contributed by atoms with van der Waals surface area (Å²) < 4.78 is 10.6. The zero-order chi connectivity index (χ0) is 25.0. The minimum Gasteiger partial charge on any atom is -0.497 e. The molecule has 0 heterocycles. The monoisotopic (exact) mass is 491 g/mol. The van der Waals surface area contributed by atoms with Gasteiger partial charge in [0.2, 0.25) is 5.91 Å². The highest BCUT2D eigenvalue weighted by Gasteiger charge is 2.05. The van der Waals surface area contributed by atoms with Gasteiger partial charge in [0.15, 0.2) is 6.61 Å². The average molecular weight is 492 g/mol. The maximum absolute atomic E-state index is 12.1. The molecule has 3 aromatic rings. The standard InChI is InChI=1S/C27H29N3O4S/c1-19-12-20(2)14-22(13-19)17-35-18-27(32)30-28-15-21-4-8-25(9-5-21)34-16-26(31)29-23-6-10-24(33-3)11-7-23/h4-15H,16-18H2,1-3H3,(H,29,31)(H,30,32)/b28-15+. The zero-order valence-electron chi connectivity index (χ0n) is 20.0. The number of hydrazone groups is 1. The molecule has 0 aromatic heterocycles. The third kappa shape index (κ3) is 9.17. The van der Waals surface area contributed by atoms with E-state index in [0.29, 0.717) is 17.2 Å². The number of ether oxygens (including phenoxy) is 2. The molecule has 182 valence electrons. The van der Waals surface area contributed by atoms with Crippen molar-refractivity contribution in [2.24, 2.45) is 5.10 Å². The summed E-state index contributed by atoms with van der Waals surface area (Å²) in [6, 6.07) is 20.5. The van der Waals surface area contributed by atoms with Crippen molar-refractivity contribution in [2.75, 3.05) is 24.8 Å². The Bertz CT molecular complexity index is 1140. The van der Waals surface area contributed by atoms with Gasteiger partial charge in [-0.3, -0.25) is 9.59 Å². The van der Waals surface area contributed by atoms with Gasteiger partial charge in [0.25, 0.3) is 5.91 Å². The number of thioether (sulfide) groups is 1. The molecule has 3 rings (SSSR count). The molecule has 35 heavy (non-hydrogen) atoms. The molecule has 3 aromatic carbocycles. The van der Waals surface area contributed by atoms with Crippen molar-refractivity contribution in [2.45, 2.75) is 19.6 Å². The fourth-order valence-electron chi connectivity index (χ4n) is 3.30. The lowest BCUT2D eigenvalue weighted by Crippen LogP contribution is -2.20. The molecule has 0 bridgehead atoms.